The largest absolute Gasteiger partial charge is 0.481 e. The molecule has 4 atom stereocenters. The first-order valence-electron chi connectivity index (χ1n) is 5.18. The smallest absolute Gasteiger partial charge is 0.310 e. The van der Waals surface area contributed by atoms with Crippen molar-refractivity contribution in [1.29, 1.82) is 0 Å². The van der Waals surface area contributed by atoms with Crippen LogP contribution in [0, 0.1) is 11.8 Å². The van der Waals surface area contributed by atoms with Crippen molar-refractivity contribution in [1.82, 2.24) is 5.32 Å². The van der Waals surface area contributed by atoms with Crippen LogP contribution in [0.15, 0.2) is 8.61 Å². The molecule has 1 fully saturated rings. The van der Waals surface area contributed by atoms with Crippen molar-refractivity contribution in [2.75, 3.05) is 6.54 Å². The number of rotatable bonds is 1. The lowest BCUT2D eigenvalue weighted by Gasteiger charge is -2.42. The molecule has 4 nitrogen and oxygen atoms in total. The highest BCUT2D eigenvalue weighted by Gasteiger charge is 2.43. The van der Waals surface area contributed by atoms with Gasteiger partial charge in [-0.2, -0.15) is 0 Å². The Labute approximate surface area is 112 Å². The van der Waals surface area contributed by atoms with Gasteiger partial charge >= 0.3 is 5.97 Å². The van der Waals surface area contributed by atoms with Crippen LogP contribution in [0.1, 0.15) is 12.8 Å². The molecule has 0 aromatic carbocycles. The quantitative estimate of drug-likeness (QED) is 0.619. The lowest BCUT2D eigenvalue weighted by molar-refractivity contribution is -0.149. The van der Waals surface area contributed by atoms with Crippen LogP contribution in [0.4, 0.5) is 0 Å². The van der Waals surface area contributed by atoms with Crippen molar-refractivity contribution in [2.45, 2.75) is 25.0 Å². The predicted octanol–water partition coefficient (Wildman–Crippen LogP) is 1.32. The Bertz CT molecular complexity index is 347. The molecule has 0 aromatic heterocycles. The molecule has 0 saturated carbocycles. The van der Waals surface area contributed by atoms with Crippen LogP contribution in [-0.4, -0.2) is 34.9 Å². The summed E-state index contributed by atoms with van der Waals surface area (Å²) in [6.45, 7) is 0.318. The number of aliphatic hydroxyl groups excluding tert-OH is 1. The summed E-state index contributed by atoms with van der Waals surface area (Å²) in [4.78, 5) is 10.9. The summed E-state index contributed by atoms with van der Waals surface area (Å²) in [5.74, 6) is -1.68. The predicted molar refractivity (Wildman–Crippen MR) is 68.5 cm³/mol. The number of hydrogen-bond acceptors (Lipinski definition) is 3. The maximum atomic E-state index is 10.9. The minimum absolute atomic E-state index is 0.0377. The Morgan fingerprint density at radius 1 is 1.50 bits per heavy atom. The number of carbonyl (C=O) groups is 1. The van der Waals surface area contributed by atoms with Crippen molar-refractivity contribution in [3.63, 3.8) is 0 Å². The Morgan fingerprint density at radius 2 is 2.19 bits per heavy atom. The average Bonchev–Trinajstić information content (AvgIpc) is 2.21. The van der Waals surface area contributed by atoms with E-state index >= 15 is 0 Å². The Balaban J connectivity index is 2.17. The molecule has 0 bridgehead atoms. The van der Waals surface area contributed by atoms with Gasteiger partial charge in [-0.15, -0.1) is 0 Å². The Hall–Kier alpha value is 0.150. The van der Waals surface area contributed by atoms with Gasteiger partial charge in [0, 0.05) is 27.1 Å². The molecule has 1 aliphatic heterocycles. The highest BCUT2D eigenvalue weighted by Crippen LogP contribution is 2.40. The normalized spacial score (nSPS) is 39.4. The van der Waals surface area contributed by atoms with Gasteiger partial charge in [0.2, 0.25) is 0 Å². The molecule has 16 heavy (non-hydrogen) atoms. The average molecular weight is 358 g/mol. The minimum Gasteiger partial charge on any atom is -0.481 e. The highest BCUT2D eigenvalue weighted by molar-refractivity contribution is 14.1. The van der Waals surface area contributed by atoms with Gasteiger partial charge in [0.1, 0.15) is 0 Å². The summed E-state index contributed by atoms with van der Waals surface area (Å²) >= 11 is 8.24. The van der Waals surface area contributed by atoms with E-state index in [0.29, 0.717) is 19.4 Å². The van der Waals surface area contributed by atoms with E-state index in [2.05, 4.69) is 27.9 Å². The van der Waals surface area contributed by atoms with Gasteiger partial charge in [0.05, 0.1) is 12.0 Å². The van der Waals surface area contributed by atoms with Crippen molar-refractivity contribution >= 4 is 40.2 Å². The summed E-state index contributed by atoms with van der Waals surface area (Å²) in [5.41, 5.74) is 0. The number of piperidine rings is 1. The molecule has 90 valence electrons. The number of halogens is 2. The molecule has 0 spiro atoms. The maximum Gasteiger partial charge on any atom is 0.310 e. The van der Waals surface area contributed by atoms with E-state index in [-0.39, 0.29) is 12.0 Å². The Morgan fingerprint density at radius 3 is 2.81 bits per heavy atom. The SMILES string of the molecule is O=C(O)C1CNC2CC(Cl)=C(I)CC2C1O. The lowest BCUT2D eigenvalue weighted by Crippen LogP contribution is -2.56. The fourth-order valence-electron chi connectivity index (χ4n) is 2.43. The van der Waals surface area contributed by atoms with E-state index in [0.717, 1.165) is 8.61 Å². The fourth-order valence-corrected chi connectivity index (χ4v) is 3.40. The van der Waals surface area contributed by atoms with E-state index in [1.165, 1.54) is 0 Å². The van der Waals surface area contributed by atoms with Crippen LogP contribution in [0.3, 0.4) is 0 Å². The minimum atomic E-state index is -0.936. The molecule has 4 unspecified atom stereocenters. The first kappa shape index (κ1) is 12.6. The van der Waals surface area contributed by atoms with Gasteiger partial charge in [-0.25, -0.2) is 0 Å². The second kappa shape index (κ2) is 4.80. The van der Waals surface area contributed by atoms with Crippen LogP contribution >= 0.6 is 34.2 Å². The number of aliphatic hydroxyl groups is 1. The van der Waals surface area contributed by atoms with Crippen LogP contribution in [0.2, 0.25) is 0 Å². The fraction of sp³-hybridized carbons (Fsp3) is 0.700. The molecule has 2 aliphatic rings. The van der Waals surface area contributed by atoms with Gasteiger partial charge < -0.3 is 15.5 Å². The third-order valence-electron chi connectivity index (χ3n) is 3.39. The third-order valence-corrected chi connectivity index (χ3v) is 5.19. The van der Waals surface area contributed by atoms with Gasteiger partial charge in [-0.1, -0.05) is 11.6 Å². The monoisotopic (exact) mass is 357 g/mol. The van der Waals surface area contributed by atoms with Gasteiger partial charge in [0.25, 0.3) is 0 Å². The zero-order valence-corrected chi connectivity index (χ0v) is 11.4. The summed E-state index contributed by atoms with van der Waals surface area (Å²) in [6, 6.07) is 0.108. The number of carboxylic acid groups (broad SMARTS) is 1. The molecule has 1 aliphatic carbocycles. The zero-order valence-electron chi connectivity index (χ0n) is 8.49. The molecule has 0 aromatic rings. The number of hydrogen-bond donors (Lipinski definition) is 3. The summed E-state index contributed by atoms with van der Waals surface area (Å²) in [6.07, 6.45) is 0.578. The molecule has 1 saturated heterocycles. The number of allylic oxidation sites excluding steroid dienone is 1. The standard InChI is InChI=1S/C10H13ClINO3/c11-6-2-8-4(1-7(6)12)9(14)5(3-13-8)10(15)16/h4-5,8-9,13-14H,1-3H2,(H,15,16). The van der Waals surface area contributed by atoms with E-state index in [9.17, 15) is 9.90 Å². The van der Waals surface area contributed by atoms with Crippen LogP contribution < -0.4 is 5.32 Å². The van der Waals surface area contributed by atoms with Crippen LogP contribution in [0.5, 0.6) is 0 Å². The Kier molecular flexibility index (Phi) is 3.78. The van der Waals surface area contributed by atoms with Crippen LogP contribution in [-0.2, 0) is 4.79 Å². The second-order valence-corrected chi connectivity index (χ2v) is 6.09. The lowest BCUT2D eigenvalue weighted by atomic mass is 9.76. The second-order valence-electron chi connectivity index (χ2n) is 4.33. The molecule has 2 rings (SSSR count). The van der Waals surface area contributed by atoms with Crippen molar-refractivity contribution in [3.05, 3.63) is 8.61 Å². The maximum absolute atomic E-state index is 10.9. The number of nitrogens with one attached hydrogen (secondary N) is 1. The summed E-state index contributed by atoms with van der Waals surface area (Å²) in [5, 5.41) is 23.0. The molecule has 6 heteroatoms. The van der Waals surface area contributed by atoms with Gasteiger partial charge in [-0.05, 0) is 35.4 Å². The van der Waals surface area contributed by atoms with E-state index < -0.39 is 18.0 Å². The molecular formula is C10H13ClINO3. The molecular weight excluding hydrogens is 344 g/mol. The zero-order chi connectivity index (χ0) is 11.9. The van der Waals surface area contributed by atoms with E-state index in [1.807, 2.05) is 0 Å². The first-order valence-corrected chi connectivity index (χ1v) is 6.63. The van der Waals surface area contributed by atoms with Crippen molar-refractivity contribution < 1.29 is 15.0 Å². The van der Waals surface area contributed by atoms with Crippen molar-refractivity contribution in [2.24, 2.45) is 11.8 Å². The highest BCUT2D eigenvalue weighted by atomic mass is 127. The van der Waals surface area contributed by atoms with Crippen LogP contribution in [0.25, 0.3) is 0 Å². The molecule has 0 amide bonds. The van der Waals surface area contributed by atoms with E-state index in [1.54, 1.807) is 0 Å². The summed E-state index contributed by atoms with van der Waals surface area (Å²) < 4.78 is 1.03. The summed E-state index contributed by atoms with van der Waals surface area (Å²) in [7, 11) is 0. The molecule has 0 radical (unpaired) electrons. The third kappa shape index (κ3) is 2.23. The van der Waals surface area contributed by atoms with Crippen molar-refractivity contribution in [3.8, 4) is 0 Å². The number of carboxylic acids is 1. The first-order chi connectivity index (χ1) is 7.50. The molecule has 1 heterocycles. The number of fused-ring (bicyclic) bond motifs is 1. The number of aliphatic carboxylic acids is 1. The van der Waals surface area contributed by atoms with Gasteiger partial charge in [0.15, 0.2) is 0 Å². The molecule has 3 N–H and O–H groups in total. The van der Waals surface area contributed by atoms with E-state index in [4.69, 9.17) is 16.7 Å². The van der Waals surface area contributed by atoms with Gasteiger partial charge in [-0.3, -0.25) is 4.79 Å². The topological polar surface area (TPSA) is 69.6 Å².